The minimum Gasteiger partial charge on any atom is -0.464 e. The molecular formula is C17H22ClN3O4S. The maximum absolute atomic E-state index is 12.9. The average Bonchev–Trinajstić information content (AvgIpc) is 2.61. The second-order valence-corrected chi connectivity index (χ2v) is 7.80. The molecule has 3 rings (SSSR count). The molecule has 7 nitrogen and oxygen atoms in total. The largest absolute Gasteiger partial charge is 0.464 e. The number of carbonyl (C=O) groups is 1. The van der Waals surface area contributed by atoms with Crippen LogP contribution >= 0.6 is 12.4 Å². The van der Waals surface area contributed by atoms with Gasteiger partial charge in [-0.2, -0.15) is 0 Å². The van der Waals surface area contributed by atoms with E-state index >= 15 is 0 Å². The molecule has 0 aliphatic carbocycles. The zero-order chi connectivity index (χ0) is 18.0. The van der Waals surface area contributed by atoms with Gasteiger partial charge < -0.3 is 10.1 Å². The molecule has 2 N–H and O–H groups in total. The molecular weight excluding hydrogens is 378 g/mol. The lowest BCUT2D eigenvalue weighted by atomic mass is 10.0. The third-order valence-electron chi connectivity index (χ3n) is 4.50. The molecule has 1 aromatic heterocycles. The van der Waals surface area contributed by atoms with Crippen molar-refractivity contribution in [2.45, 2.75) is 36.7 Å². The molecule has 1 aliphatic heterocycles. The Morgan fingerprint density at radius 2 is 2.08 bits per heavy atom. The van der Waals surface area contributed by atoms with Crippen LogP contribution in [0.4, 0.5) is 0 Å². The first-order chi connectivity index (χ1) is 11.9. The molecule has 1 fully saturated rings. The van der Waals surface area contributed by atoms with Crippen molar-refractivity contribution in [1.82, 2.24) is 15.0 Å². The van der Waals surface area contributed by atoms with Gasteiger partial charge in [-0.15, -0.1) is 12.4 Å². The predicted octanol–water partition coefficient (Wildman–Crippen LogP) is 1.86. The molecule has 0 saturated carbocycles. The zero-order valence-electron chi connectivity index (χ0n) is 14.6. The summed E-state index contributed by atoms with van der Waals surface area (Å²) in [7, 11) is -2.47. The topological polar surface area (TPSA) is 97.4 Å². The van der Waals surface area contributed by atoms with Crippen LogP contribution in [-0.2, 0) is 14.8 Å². The van der Waals surface area contributed by atoms with Crippen molar-refractivity contribution in [2.75, 3.05) is 13.7 Å². The Morgan fingerprint density at radius 1 is 1.31 bits per heavy atom. The summed E-state index contributed by atoms with van der Waals surface area (Å²) in [6.07, 6.45) is 3.12. The fraction of sp³-hybridized carbons (Fsp3) is 0.412. The summed E-state index contributed by atoms with van der Waals surface area (Å²) in [5.74, 6) is -0.599. The summed E-state index contributed by atoms with van der Waals surface area (Å²) in [5, 5.41) is 4.17. The lowest BCUT2D eigenvalue weighted by Crippen LogP contribution is -2.51. The van der Waals surface area contributed by atoms with E-state index in [-0.39, 0.29) is 35.1 Å². The standard InChI is InChI=1S/C17H21N3O4S.ClH/c1-11-14(6-4-9-18-11)20-25(22,23)15-7-3-5-13-12(15)8-10-19-16(13)17(21)24-2;/h3,5,7-8,10-11,14,18,20H,4,6,9H2,1-2H3;1H. The van der Waals surface area contributed by atoms with Crippen molar-refractivity contribution in [2.24, 2.45) is 0 Å². The number of ether oxygens (including phenoxy) is 1. The molecule has 0 radical (unpaired) electrons. The van der Waals surface area contributed by atoms with Crippen molar-refractivity contribution in [3.63, 3.8) is 0 Å². The smallest absolute Gasteiger partial charge is 0.357 e. The molecule has 2 heterocycles. The second kappa shape index (κ2) is 8.30. The van der Waals surface area contributed by atoms with Crippen LogP contribution in [0.5, 0.6) is 0 Å². The number of piperidine rings is 1. The average molecular weight is 400 g/mol. The third kappa shape index (κ3) is 3.98. The third-order valence-corrected chi connectivity index (χ3v) is 6.05. The lowest BCUT2D eigenvalue weighted by molar-refractivity contribution is 0.0596. The first-order valence-electron chi connectivity index (χ1n) is 8.16. The number of hydrogen-bond acceptors (Lipinski definition) is 6. The second-order valence-electron chi connectivity index (χ2n) is 6.12. The Labute approximate surface area is 159 Å². The number of sulfonamides is 1. The normalized spacial score (nSPS) is 20.4. The fourth-order valence-electron chi connectivity index (χ4n) is 3.14. The minimum absolute atomic E-state index is 0. The predicted molar refractivity (Wildman–Crippen MR) is 101 cm³/mol. The number of rotatable bonds is 4. The summed E-state index contributed by atoms with van der Waals surface area (Å²) < 4.78 is 33.4. The van der Waals surface area contributed by atoms with Crippen LogP contribution in [0.2, 0.25) is 0 Å². The van der Waals surface area contributed by atoms with E-state index < -0.39 is 16.0 Å². The van der Waals surface area contributed by atoms with Crippen molar-refractivity contribution >= 4 is 39.2 Å². The molecule has 2 unspecified atom stereocenters. The molecule has 0 bridgehead atoms. The molecule has 1 aromatic carbocycles. The lowest BCUT2D eigenvalue weighted by Gasteiger charge is -2.30. The Morgan fingerprint density at radius 3 is 2.77 bits per heavy atom. The van der Waals surface area contributed by atoms with Gasteiger partial charge in [-0.1, -0.05) is 12.1 Å². The number of nitrogens with one attached hydrogen (secondary N) is 2. The highest BCUT2D eigenvalue weighted by Gasteiger charge is 2.28. The van der Waals surface area contributed by atoms with Gasteiger partial charge in [-0.3, -0.25) is 0 Å². The minimum atomic E-state index is -3.74. The highest BCUT2D eigenvalue weighted by molar-refractivity contribution is 7.89. The van der Waals surface area contributed by atoms with Gasteiger partial charge in [0, 0.05) is 29.1 Å². The molecule has 1 aliphatic rings. The summed E-state index contributed by atoms with van der Waals surface area (Å²) in [5.41, 5.74) is 0.102. The summed E-state index contributed by atoms with van der Waals surface area (Å²) >= 11 is 0. The van der Waals surface area contributed by atoms with Gasteiger partial charge >= 0.3 is 5.97 Å². The van der Waals surface area contributed by atoms with E-state index in [0.717, 1.165) is 19.4 Å². The molecule has 1 saturated heterocycles. The van der Waals surface area contributed by atoms with Crippen molar-refractivity contribution in [3.8, 4) is 0 Å². The van der Waals surface area contributed by atoms with Gasteiger partial charge in [0.2, 0.25) is 10.0 Å². The number of benzene rings is 1. The molecule has 2 atom stereocenters. The summed E-state index contributed by atoms with van der Waals surface area (Å²) in [6, 6.07) is 6.29. The van der Waals surface area contributed by atoms with Crippen LogP contribution in [0, 0.1) is 0 Å². The number of hydrogen-bond donors (Lipinski definition) is 2. The number of aromatic nitrogens is 1. The highest BCUT2D eigenvalue weighted by atomic mass is 35.5. The quantitative estimate of drug-likeness (QED) is 0.761. The van der Waals surface area contributed by atoms with Gasteiger partial charge in [0.15, 0.2) is 5.69 Å². The number of fused-ring (bicyclic) bond motifs is 1. The zero-order valence-corrected chi connectivity index (χ0v) is 16.2. The number of nitrogens with zero attached hydrogens (tertiary/aromatic N) is 1. The molecule has 9 heteroatoms. The van der Waals surface area contributed by atoms with E-state index in [4.69, 9.17) is 4.74 Å². The van der Waals surface area contributed by atoms with E-state index in [1.165, 1.54) is 19.4 Å². The van der Waals surface area contributed by atoms with Crippen LogP contribution in [0.25, 0.3) is 10.8 Å². The van der Waals surface area contributed by atoms with Crippen molar-refractivity contribution in [1.29, 1.82) is 0 Å². The number of halogens is 1. The Bertz CT molecular complexity index is 904. The maximum atomic E-state index is 12.9. The van der Waals surface area contributed by atoms with E-state index in [2.05, 4.69) is 15.0 Å². The SMILES string of the molecule is COC(=O)c1nccc2c(S(=O)(=O)NC3CCCNC3C)cccc12.Cl. The molecule has 142 valence electrons. The molecule has 26 heavy (non-hydrogen) atoms. The van der Waals surface area contributed by atoms with Crippen LogP contribution in [0.3, 0.4) is 0 Å². The van der Waals surface area contributed by atoms with Gasteiger partial charge in [0.05, 0.1) is 12.0 Å². The summed E-state index contributed by atoms with van der Waals surface area (Å²) in [6.45, 7) is 2.86. The van der Waals surface area contributed by atoms with Gasteiger partial charge in [0.25, 0.3) is 0 Å². The Hall–Kier alpha value is -1.74. The molecule has 2 aromatic rings. The van der Waals surface area contributed by atoms with Gasteiger partial charge in [0.1, 0.15) is 0 Å². The number of methoxy groups -OCH3 is 1. The van der Waals surface area contributed by atoms with E-state index in [9.17, 15) is 13.2 Å². The van der Waals surface area contributed by atoms with Crippen LogP contribution in [-0.4, -0.2) is 45.1 Å². The van der Waals surface area contributed by atoms with E-state index in [1.54, 1.807) is 18.2 Å². The number of esters is 1. The van der Waals surface area contributed by atoms with Crippen molar-refractivity contribution in [3.05, 3.63) is 36.2 Å². The highest BCUT2D eigenvalue weighted by Crippen LogP contribution is 2.26. The molecule has 0 amide bonds. The van der Waals surface area contributed by atoms with Crippen molar-refractivity contribution < 1.29 is 17.9 Å². The summed E-state index contributed by atoms with van der Waals surface area (Å²) in [4.78, 5) is 16.1. The Kier molecular flexibility index (Phi) is 6.57. The van der Waals surface area contributed by atoms with Gasteiger partial charge in [-0.05, 0) is 38.4 Å². The van der Waals surface area contributed by atoms with E-state index in [0.29, 0.717) is 10.8 Å². The first kappa shape index (κ1) is 20.6. The van der Waals surface area contributed by atoms with Crippen LogP contribution < -0.4 is 10.0 Å². The number of pyridine rings is 1. The first-order valence-corrected chi connectivity index (χ1v) is 9.64. The fourth-order valence-corrected chi connectivity index (χ4v) is 4.71. The maximum Gasteiger partial charge on any atom is 0.357 e. The van der Waals surface area contributed by atoms with E-state index in [1.807, 2.05) is 6.92 Å². The van der Waals surface area contributed by atoms with Gasteiger partial charge in [-0.25, -0.2) is 22.9 Å². The van der Waals surface area contributed by atoms with Crippen LogP contribution in [0.1, 0.15) is 30.3 Å². The monoisotopic (exact) mass is 399 g/mol. The number of carbonyl (C=O) groups excluding carboxylic acids is 1. The van der Waals surface area contributed by atoms with Crippen LogP contribution in [0.15, 0.2) is 35.4 Å². The molecule has 0 spiro atoms. The Balaban J connectivity index is 0.00000243.